The van der Waals surface area contributed by atoms with E-state index in [4.69, 9.17) is 0 Å². The fraction of sp³-hybridized carbons (Fsp3) is 0.385. The molecule has 1 atom stereocenters. The van der Waals surface area contributed by atoms with Gasteiger partial charge >= 0.3 is 0 Å². The van der Waals surface area contributed by atoms with Crippen LogP contribution >= 0.6 is 0 Å². The normalized spacial score (nSPS) is 24.9. The maximum Gasteiger partial charge on any atom is 0.0721 e. The van der Waals surface area contributed by atoms with E-state index in [2.05, 4.69) is 28.0 Å². The smallest absolute Gasteiger partial charge is 0.0721 e. The zero-order valence-corrected chi connectivity index (χ0v) is 9.43. The molecule has 0 bridgehead atoms. The van der Waals surface area contributed by atoms with Crippen LogP contribution in [0.3, 0.4) is 0 Å². The number of likely N-dealkylation sites (N-methyl/N-ethyl adjacent to an activating group) is 1. The van der Waals surface area contributed by atoms with Gasteiger partial charge in [0.25, 0.3) is 0 Å². The lowest BCUT2D eigenvalue weighted by molar-refractivity contribution is 0.336. The van der Waals surface area contributed by atoms with Gasteiger partial charge in [-0.1, -0.05) is 0 Å². The second kappa shape index (κ2) is 3.83. The Morgan fingerprint density at radius 2 is 2.38 bits per heavy atom. The van der Waals surface area contributed by atoms with Gasteiger partial charge in [0.2, 0.25) is 0 Å². The van der Waals surface area contributed by atoms with Gasteiger partial charge in [-0.05, 0) is 31.2 Å². The molecular formula is C13H15N3. The summed E-state index contributed by atoms with van der Waals surface area (Å²) in [6.07, 6.45) is 7.94. The molecule has 0 saturated carbocycles. The number of hydrogen-bond acceptors (Lipinski definition) is 3. The van der Waals surface area contributed by atoms with Crippen LogP contribution in [0.2, 0.25) is 0 Å². The lowest BCUT2D eigenvalue weighted by atomic mass is 9.97. The van der Waals surface area contributed by atoms with Crippen molar-refractivity contribution >= 4 is 11.9 Å². The van der Waals surface area contributed by atoms with Crippen LogP contribution in [-0.2, 0) is 0 Å². The number of likely N-dealkylation sites (tertiary alicyclic amines) is 1. The summed E-state index contributed by atoms with van der Waals surface area (Å²) in [7, 11) is 2.19. The van der Waals surface area contributed by atoms with Crippen molar-refractivity contribution in [2.75, 3.05) is 13.6 Å². The topological polar surface area (TPSA) is 28.5 Å². The zero-order valence-electron chi connectivity index (χ0n) is 9.43. The van der Waals surface area contributed by atoms with Crippen LogP contribution in [0.15, 0.2) is 35.1 Å². The van der Waals surface area contributed by atoms with E-state index in [9.17, 15) is 0 Å². The molecule has 3 heteroatoms. The molecule has 3 rings (SSSR count). The third kappa shape index (κ3) is 1.48. The molecule has 2 aliphatic heterocycles. The third-order valence-electron chi connectivity index (χ3n) is 3.46. The molecule has 2 aliphatic rings. The number of pyridine rings is 1. The van der Waals surface area contributed by atoms with E-state index >= 15 is 0 Å². The number of nitrogens with zero attached hydrogens (tertiary/aromatic N) is 3. The van der Waals surface area contributed by atoms with Crippen LogP contribution in [0.25, 0.3) is 5.70 Å². The number of aliphatic imine (C=N–C) groups is 1. The fourth-order valence-electron chi connectivity index (χ4n) is 2.57. The summed E-state index contributed by atoms with van der Waals surface area (Å²) in [4.78, 5) is 11.1. The molecule has 3 nitrogen and oxygen atoms in total. The Morgan fingerprint density at radius 3 is 3.19 bits per heavy atom. The molecule has 0 spiro atoms. The van der Waals surface area contributed by atoms with E-state index in [1.54, 1.807) is 6.20 Å². The van der Waals surface area contributed by atoms with E-state index in [1.807, 2.05) is 18.5 Å². The van der Waals surface area contributed by atoms with Gasteiger partial charge in [-0.25, -0.2) is 0 Å². The predicted octanol–water partition coefficient (Wildman–Crippen LogP) is 1.97. The summed E-state index contributed by atoms with van der Waals surface area (Å²) in [6.45, 7) is 1.15. The molecule has 16 heavy (non-hydrogen) atoms. The van der Waals surface area contributed by atoms with Gasteiger partial charge in [-0.2, -0.15) is 0 Å². The van der Waals surface area contributed by atoms with Gasteiger partial charge in [0.1, 0.15) is 0 Å². The fourth-order valence-corrected chi connectivity index (χ4v) is 2.57. The van der Waals surface area contributed by atoms with Crippen LogP contribution in [0.4, 0.5) is 0 Å². The summed E-state index contributed by atoms with van der Waals surface area (Å²) in [6, 6.07) is 4.63. The van der Waals surface area contributed by atoms with Gasteiger partial charge in [0.15, 0.2) is 0 Å². The highest BCUT2D eigenvalue weighted by Gasteiger charge is 2.30. The second-order valence-corrected chi connectivity index (χ2v) is 4.41. The lowest BCUT2D eigenvalue weighted by Crippen LogP contribution is -2.27. The third-order valence-corrected chi connectivity index (χ3v) is 3.46. The highest BCUT2D eigenvalue weighted by atomic mass is 15.2. The molecule has 0 N–H and O–H groups in total. The SMILES string of the molecule is CN1CCC2=C(c3cccnc3)N=CCC21. The minimum Gasteiger partial charge on any atom is -0.299 e. The first kappa shape index (κ1) is 9.73. The molecule has 1 aromatic rings. The van der Waals surface area contributed by atoms with E-state index in [-0.39, 0.29) is 0 Å². The second-order valence-electron chi connectivity index (χ2n) is 4.41. The molecule has 0 aliphatic carbocycles. The van der Waals surface area contributed by atoms with Gasteiger partial charge in [0, 0.05) is 43.2 Å². The highest BCUT2D eigenvalue weighted by molar-refractivity contribution is 5.80. The van der Waals surface area contributed by atoms with Crippen molar-refractivity contribution in [1.82, 2.24) is 9.88 Å². The van der Waals surface area contributed by atoms with Crippen LogP contribution in [0.1, 0.15) is 18.4 Å². The van der Waals surface area contributed by atoms with Crippen molar-refractivity contribution in [3.05, 3.63) is 35.7 Å². The predicted molar refractivity (Wildman–Crippen MR) is 65.3 cm³/mol. The van der Waals surface area contributed by atoms with E-state index in [0.717, 1.165) is 30.6 Å². The summed E-state index contributed by atoms with van der Waals surface area (Å²) >= 11 is 0. The van der Waals surface area contributed by atoms with E-state index in [1.165, 1.54) is 5.57 Å². The van der Waals surface area contributed by atoms with Crippen LogP contribution in [0.5, 0.6) is 0 Å². The minimum atomic E-state index is 0.563. The average Bonchev–Trinajstić information content (AvgIpc) is 2.73. The molecule has 1 unspecified atom stereocenters. The lowest BCUT2D eigenvalue weighted by Gasteiger charge is -2.23. The van der Waals surface area contributed by atoms with E-state index in [0.29, 0.717) is 6.04 Å². The summed E-state index contributed by atoms with van der Waals surface area (Å²) < 4.78 is 0. The van der Waals surface area contributed by atoms with Crippen molar-refractivity contribution in [2.24, 2.45) is 4.99 Å². The first-order valence-corrected chi connectivity index (χ1v) is 5.72. The molecular weight excluding hydrogens is 198 g/mol. The van der Waals surface area contributed by atoms with Crippen LogP contribution in [0, 0.1) is 0 Å². The molecule has 1 fully saturated rings. The number of hydrogen-bond donors (Lipinski definition) is 0. The summed E-state index contributed by atoms with van der Waals surface area (Å²) in [5, 5.41) is 0. The molecule has 0 radical (unpaired) electrons. The van der Waals surface area contributed by atoms with Gasteiger partial charge < -0.3 is 0 Å². The van der Waals surface area contributed by atoms with E-state index < -0.39 is 0 Å². The number of fused-ring (bicyclic) bond motifs is 1. The first-order valence-electron chi connectivity index (χ1n) is 5.72. The summed E-state index contributed by atoms with van der Waals surface area (Å²) in [5.74, 6) is 0. The Balaban J connectivity index is 2.06. The number of aromatic nitrogens is 1. The van der Waals surface area contributed by atoms with Crippen molar-refractivity contribution in [3.8, 4) is 0 Å². The van der Waals surface area contributed by atoms with Crippen molar-refractivity contribution in [3.63, 3.8) is 0 Å². The summed E-state index contributed by atoms with van der Waals surface area (Å²) in [5.41, 5.74) is 3.78. The standard InChI is InChI=1S/C13H15N3/c1-16-8-5-11-12(16)4-7-15-13(11)10-3-2-6-14-9-10/h2-3,6-7,9,12H,4-5,8H2,1H3. The minimum absolute atomic E-state index is 0.563. The van der Waals surface area contributed by atoms with Crippen molar-refractivity contribution in [2.45, 2.75) is 18.9 Å². The quantitative estimate of drug-likeness (QED) is 0.713. The molecule has 0 amide bonds. The zero-order chi connectivity index (χ0) is 11.0. The molecule has 1 saturated heterocycles. The van der Waals surface area contributed by atoms with Gasteiger partial charge in [-0.15, -0.1) is 0 Å². The Labute approximate surface area is 95.5 Å². The maximum absolute atomic E-state index is 4.56. The van der Waals surface area contributed by atoms with Crippen molar-refractivity contribution in [1.29, 1.82) is 0 Å². The first-order chi connectivity index (χ1) is 7.86. The molecule has 82 valence electrons. The molecule has 0 aromatic carbocycles. The van der Waals surface area contributed by atoms with Gasteiger partial charge in [0.05, 0.1) is 5.70 Å². The van der Waals surface area contributed by atoms with Crippen LogP contribution < -0.4 is 0 Å². The molecule has 3 heterocycles. The Hall–Kier alpha value is -1.48. The maximum atomic E-state index is 4.56. The van der Waals surface area contributed by atoms with Gasteiger partial charge in [-0.3, -0.25) is 14.9 Å². The average molecular weight is 213 g/mol. The molecule has 1 aromatic heterocycles. The Bertz CT molecular complexity index is 448. The monoisotopic (exact) mass is 213 g/mol. The Kier molecular flexibility index (Phi) is 2.33. The Morgan fingerprint density at radius 1 is 1.44 bits per heavy atom. The number of rotatable bonds is 1. The van der Waals surface area contributed by atoms with Crippen molar-refractivity contribution < 1.29 is 0 Å². The largest absolute Gasteiger partial charge is 0.299 e. The highest BCUT2D eigenvalue weighted by Crippen LogP contribution is 2.34. The van der Waals surface area contributed by atoms with Crippen LogP contribution in [-0.4, -0.2) is 35.7 Å².